The van der Waals surface area contributed by atoms with Crippen LogP contribution in [0.15, 0.2) is 41.3 Å². The summed E-state index contributed by atoms with van der Waals surface area (Å²) in [5.74, 6) is -4.07. The second-order valence-corrected chi connectivity index (χ2v) is 8.49. The SMILES string of the molecule is N=C(N)NCCCNCc1ccc(-c2c[nH]c(NC(=O)NCCCc3cc(F)c(F)cc3F)nc2=O)cc1F. The summed E-state index contributed by atoms with van der Waals surface area (Å²) in [5.41, 5.74) is 5.29. The van der Waals surface area contributed by atoms with Gasteiger partial charge in [0.25, 0.3) is 5.56 Å². The number of nitrogens with two attached hydrogens (primary N) is 1. The molecule has 3 rings (SSSR count). The number of H-pyrrole nitrogens is 1. The summed E-state index contributed by atoms with van der Waals surface area (Å²) in [7, 11) is 0. The third-order valence-electron chi connectivity index (χ3n) is 5.55. The molecule has 0 unspecified atom stereocenters. The average molecular weight is 549 g/mol. The molecule has 3 aromatic rings. The number of guanidine groups is 1. The molecule has 208 valence electrons. The lowest BCUT2D eigenvalue weighted by Gasteiger charge is -2.10. The maximum atomic E-state index is 14.6. The first-order valence-corrected chi connectivity index (χ1v) is 12.0. The van der Waals surface area contributed by atoms with E-state index in [-0.39, 0.29) is 49.0 Å². The molecule has 39 heavy (non-hydrogen) atoms. The second kappa shape index (κ2) is 13.9. The van der Waals surface area contributed by atoms with E-state index in [0.29, 0.717) is 36.7 Å². The molecule has 2 amide bonds. The van der Waals surface area contributed by atoms with Crippen LogP contribution in [-0.2, 0) is 13.0 Å². The molecule has 0 spiro atoms. The minimum atomic E-state index is -1.27. The van der Waals surface area contributed by atoms with E-state index >= 15 is 0 Å². The maximum Gasteiger partial charge on any atom is 0.321 e. The first-order valence-electron chi connectivity index (χ1n) is 12.0. The first-order chi connectivity index (χ1) is 18.6. The van der Waals surface area contributed by atoms with Gasteiger partial charge in [0.15, 0.2) is 17.6 Å². The van der Waals surface area contributed by atoms with Crippen molar-refractivity contribution in [1.29, 1.82) is 5.41 Å². The molecule has 1 aromatic heterocycles. The zero-order chi connectivity index (χ0) is 28.4. The van der Waals surface area contributed by atoms with Crippen molar-refractivity contribution >= 4 is 17.9 Å². The molecule has 0 saturated heterocycles. The predicted octanol–water partition coefficient (Wildman–Crippen LogP) is 2.71. The molecule has 0 fully saturated rings. The Kier molecular flexibility index (Phi) is 10.4. The van der Waals surface area contributed by atoms with Crippen LogP contribution in [-0.4, -0.2) is 41.6 Å². The van der Waals surface area contributed by atoms with Crippen LogP contribution in [0.1, 0.15) is 24.0 Å². The van der Waals surface area contributed by atoms with Crippen LogP contribution in [0.4, 0.5) is 28.3 Å². The standard InChI is InChI=1S/C25H28F4N8O2/c26-18-9-14(4-5-16(18)12-32-6-2-8-33-23(30)31)17-13-35-24(36-22(17)38)37-25(39)34-7-1-3-15-10-20(28)21(29)11-19(15)27/h4-5,9-11,13,32H,1-3,6-8,12H2,(H4,30,31,33)(H3,34,35,36,37,38,39). The van der Waals surface area contributed by atoms with Gasteiger partial charge in [-0.05, 0) is 49.1 Å². The van der Waals surface area contributed by atoms with Crippen molar-refractivity contribution in [2.75, 3.05) is 25.0 Å². The second-order valence-electron chi connectivity index (χ2n) is 8.49. The number of halogens is 4. The molecule has 0 radical (unpaired) electrons. The number of carbonyl (C=O) groups excluding carboxylic acids is 1. The highest BCUT2D eigenvalue weighted by Crippen LogP contribution is 2.19. The van der Waals surface area contributed by atoms with Gasteiger partial charge < -0.3 is 26.7 Å². The summed E-state index contributed by atoms with van der Waals surface area (Å²) in [4.78, 5) is 31.0. The van der Waals surface area contributed by atoms with Gasteiger partial charge in [-0.25, -0.2) is 22.4 Å². The normalized spacial score (nSPS) is 10.8. The van der Waals surface area contributed by atoms with Crippen molar-refractivity contribution < 1.29 is 22.4 Å². The summed E-state index contributed by atoms with van der Waals surface area (Å²) in [5, 5.41) is 17.7. The summed E-state index contributed by atoms with van der Waals surface area (Å²) < 4.78 is 54.5. The Labute approximate surface area is 220 Å². The number of aromatic nitrogens is 2. The van der Waals surface area contributed by atoms with Gasteiger partial charge >= 0.3 is 6.03 Å². The molecule has 0 aliphatic rings. The molecular weight excluding hydrogens is 520 g/mol. The number of carbonyl (C=O) groups is 1. The van der Waals surface area contributed by atoms with Gasteiger partial charge in [-0.3, -0.25) is 15.5 Å². The predicted molar refractivity (Wildman–Crippen MR) is 138 cm³/mol. The first kappa shape index (κ1) is 29.1. The highest BCUT2D eigenvalue weighted by Gasteiger charge is 2.12. The lowest BCUT2D eigenvalue weighted by atomic mass is 10.1. The van der Waals surface area contributed by atoms with Crippen LogP contribution in [0.25, 0.3) is 11.1 Å². The largest absolute Gasteiger partial charge is 0.370 e. The minimum Gasteiger partial charge on any atom is -0.370 e. The molecule has 1 heterocycles. The van der Waals surface area contributed by atoms with Crippen LogP contribution in [0.2, 0.25) is 0 Å². The van der Waals surface area contributed by atoms with Crippen molar-refractivity contribution in [2.24, 2.45) is 5.73 Å². The van der Waals surface area contributed by atoms with E-state index in [0.717, 1.165) is 6.07 Å². The Hall–Kier alpha value is -4.46. The number of aryl methyl sites for hydroxylation is 1. The van der Waals surface area contributed by atoms with Crippen LogP contribution < -0.4 is 32.6 Å². The van der Waals surface area contributed by atoms with E-state index in [1.807, 2.05) is 0 Å². The number of nitrogens with zero attached hydrogens (tertiary/aromatic N) is 1. The molecule has 2 aromatic carbocycles. The zero-order valence-electron chi connectivity index (χ0n) is 20.8. The fourth-order valence-electron chi connectivity index (χ4n) is 3.57. The summed E-state index contributed by atoms with van der Waals surface area (Å²) in [6.07, 6.45) is 2.30. The lowest BCUT2D eigenvalue weighted by Crippen LogP contribution is -2.32. The molecular formula is C25H28F4N8O2. The monoisotopic (exact) mass is 548 g/mol. The van der Waals surface area contributed by atoms with Gasteiger partial charge in [0.2, 0.25) is 5.95 Å². The Morgan fingerprint density at radius 2 is 1.64 bits per heavy atom. The van der Waals surface area contributed by atoms with Gasteiger partial charge in [-0.1, -0.05) is 12.1 Å². The Morgan fingerprint density at radius 1 is 0.923 bits per heavy atom. The number of anilines is 1. The van der Waals surface area contributed by atoms with Crippen LogP contribution in [0.5, 0.6) is 0 Å². The summed E-state index contributed by atoms with van der Waals surface area (Å²) in [6, 6.07) is 4.90. The maximum absolute atomic E-state index is 14.6. The minimum absolute atomic E-state index is 0.0166. The van der Waals surface area contributed by atoms with Crippen LogP contribution in [0.3, 0.4) is 0 Å². The molecule has 0 saturated carbocycles. The van der Waals surface area contributed by atoms with E-state index in [9.17, 15) is 27.2 Å². The summed E-state index contributed by atoms with van der Waals surface area (Å²) in [6.45, 7) is 1.46. The Morgan fingerprint density at radius 3 is 2.36 bits per heavy atom. The van der Waals surface area contributed by atoms with Crippen molar-refractivity contribution in [1.82, 2.24) is 25.9 Å². The quantitative estimate of drug-likeness (QED) is 0.0606. The molecule has 0 aliphatic heterocycles. The molecule has 0 bridgehead atoms. The average Bonchev–Trinajstić information content (AvgIpc) is 2.87. The van der Waals surface area contributed by atoms with E-state index < -0.39 is 34.9 Å². The van der Waals surface area contributed by atoms with E-state index in [2.05, 4.69) is 31.2 Å². The van der Waals surface area contributed by atoms with Crippen LogP contribution >= 0.6 is 0 Å². The lowest BCUT2D eigenvalue weighted by molar-refractivity contribution is 0.252. The fourth-order valence-corrected chi connectivity index (χ4v) is 3.57. The number of urea groups is 1. The molecule has 14 heteroatoms. The van der Waals surface area contributed by atoms with E-state index in [1.54, 1.807) is 12.1 Å². The van der Waals surface area contributed by atoms with Gasteiger partial charge in [0.1, 0.15) is 11.6 Å². The number of nitrogens with one attached hydrogen (secondary N) is 6. The van der Waals surface area contributed by atoms with Crippen molar-refractivity contribution in [3.63, 3.8) is 0 Å². The number of rotatable bonds is 12. The van der Waals surface area contributed by atoms with Gasteiger partial charge in [0, 0.05) is 37.5 Å². The third-order valence-corrected chi connectivity index (χ3v) is 5.55. The zero-order valence-corrected chi connectivity index (χ0v) is 20.8. The Balaban J connectivity index is 1.48. The van der Waals surface area contributed by atoms with Crippen LogP contribution in [0, 0.1) is 28.7 Å². The van der Waals surface area contributed by atoms with E-state index in [4.69, 9.17) is 11.1 Å². The number of aromatic amines is 1. The number of hydrogen-bond acceptors (Lipinski definition) is 5. The van der Waals surface area contributed by atoms with Gasteiger partial charge in [0.05, 0.1) is 5.56 Å². The summed E-state index contributed by atoms with van der Waals surface area (Å²) >= 11 is 0. The van der Waals surface area contributed by atoms with Crippen molar-refractivity contribution in [3.8, 4) is 11.1 Å². The number of amides is 2. The Bertz CT molecular complexity index is 1380. The topological polar surface area (TPSA) is 161 Å². The van der Waals surface area contributed by atoms with E-state index in [1.165, 1.54) is 12.3 Å². The highest BCUT2D eigenvalue weighted by molar-refractivity contribution is 5.87. The third kappa shape index (κ3) is 8.81. The highest BCUT2D eigenvalue weighted by atomic mass is 19.2. The van der Waals surface area contributed by atoms with Gasteiger partial charge in [-0.15, -0.1) is 0 Å². The van der Waals surface area contributed by atoms with Gasteiger partial charge in [-0.2, -0.15) is 4.98 Å². The molecule has 0 atom stereocenters. The number of benzene rings is 2. The smallest absolute Gasteiger partial charge is 0.321 e. The fraction of sp³-hybridized carbons (Fsp3) is 0.280. The molecule has 10 nitrogen and oxygen atoms in total. The molecule has 0 aliphatic carbocycles. The van der Waals surface area contributed by atoms with Crippen molar-refractivity contribution in [3.05, 3.63) is 81.3 Å². The van der Waals surface area contributed by atoms with Crippen molar-refractivity contribution in [2.45, 2.75) is 25.8 Å². The number of hydrogen-bond donors (Lipinski definition) is 7. The molecule has 8 N–H and O–H groups in total.